The van der Waals surface area contributed by atoms with Crippen molar-refractivity contribution >= 4 is 40.4 Å². The predicted molar refractivity (Wildman–Crippen MR) is 117 cm³/mol. The predicted octanol–water partition coefficient (Wildman–Crippen LogP) is 4.74. The van der Waals surface area contributed by atoms with Crippen LogP contribution in [0.2, 0.25) is 0 Å². The average Bonchev–Trinajstić information content (AvgIpc) is 3.37. The number of amides is 2. The smallest absolute Gasteiger partial charge is 0.280 e. The molecule has 0 bridgehead atoms. The van der Waals surface area contributed by atoms with Crippen LogP contribution < -0.4 is 10.2 Å². The van der Waals surface area contributed by atoms with Crippen LogP contribution in [0.3, 0.4) is 0 Å². The Morgan fingerprint density at radius 1 is 1.30 bits per heavy atom. The minimum absolute atomic E-state index is 0.103. The summed E-state index contributed by atoms with van der Waals surface area (Å²) in [5.41, 5.74) is 0.778. The molecule has 0 unspecified atom stereocenters. The van der Waals surface area contributed by atoms with Gasteiger partial charge in [0.2, 0.25) is 5.91 Å². The number of carbonyl (C=O) groups excluding carboxylic acids is 2. The summed E-state index contributed by atoms with van der Waals surface area (Å²) in [6.45, 7) is 7.70. The SMILES string of the molecule is CCC(C)(C)NC(=O)[C@H](c1sccc1C)N(C(=O)c1csnn1)c1cccc(F)c1. The lowest BCUT2D eigenvalue weighted by Crippen LogP contribution is -2.50. The number of thiophene rings is 1. The van der Waals surface area contributed by atoms with Gasteiger partial charge in [0.1, 0.15) is 5.82 Å². The lowest BCUT2D eigenvalue weighted by atomic mass is 10.00. The third kappa shape index (κ3) is 4.73. The summed E-state index contributed by atoms with van der Waals surface area (Å²) in [5.74, 6) is -1.36. The number of nitrogens with zero attached hydrogens (tertiary/aromatic N) is 3. The monoisotopic (exact) mass is 446 g/mol. The number of aryl methyl sites for hydroxylation is 1. The van der Waals surface area contributed by atoms with Crippen molar-refractivity contribution in [3.05, 3.63) is 63.0 Å². The number of aromatic nitrogens is 2. The van der Waals surface area contributed by atoms with E-state index in [0.29, 0.717) is 11.3 Å². The zero-order valence-corrected chi connectivity index (χ0v) is 18.8. The maximum absolute atomic E-state index is 14.1. The van der Waals surface area contributed by atoms with Gasteiger partial charge in [0.25, 0.3) is 5.91 Å². The van der Waals surface area contributed by atoms with Crippen LogP contribution >= 0.6 is 22.9 Å². The Morgan fingerprint density at radius 3 is 2.63 bits per heavy atom. The molecule has 1 aromatic carbocycles. The number of nitrogens with one attached hydrogen (secondary N) is 1. The van der Waals surface area contributed by atoms with Gasteiger partial charge in [0, 0.05) is 21.5 Å². The molecule has 9 heteroatoms. The minimum atomic E-state index is -0.980. The first-order valence-electron chi connectivity index (χ1n) is 9.45. The van der Waals surface area contributed by atoms with Crippen molar-refractivity contribution in [1.29, 1.82) is 0 Å². The fourth-order valence-electron chi connectivity index (χ4n) is 2.90. The molecule has 0 aliphatic rings. The van der Waals surface area contributed by atoms with Crippen LogP contribution in [-0.2, 0) is 4.79 Å². The Bertz CT molecular complexity index is 1030. The normalized spacial score (nSPS) is 12.4. The highest BCUT2D eigenvalue weighted by atomic mass is 32.1. The number of anilines is 1. The Hall–Kier alpha value is -2.65. The number of hydrogen-bond donors (Lipinski definition) is 1. The van der Waals surface area contributed by atoms with Crippen molar-refractivity contribution in [1.82, 2.24) is 14.9 Å². The van der Waals surface area contributed by atoms with Crippen LogP contribution in [0.25, 0.3) is 0 Å². The number of rotatable bonds is 7. The van der Waals surface area contributed by atoms with Crippen LogP contribution in [0.5, 0.6) is 0 Å². The highest BCUT2D eigenvalue weighted by Gasteiger charge is 2.37. The summed E-state index contributed by atoms with van der Waals surface area (Å²) in [7, 11) is 0. The quantitative estimate of drug-likeness (QED) is 0.569. The van der Waals surface area contributed by atoms with Crippen LogP contribution in [0, 0.1) is 12.7 Å². The highest BCUT2D eigenvalue weighted by molar-refractivity contribution is 7.10. The van der Waals surface area contributed by atoms with Crippen molar-refractivity contribution in [2.45, 2.75) is 45.7 Å². The van der Waals surface area contributed by atoms with E-state index in [9.17, 15) is 14.0 Å². The number of halogens is 1. The van der Waals surface area contributed by atoms with Gasteiger partial charge >= 0.3 is 0 Å². The third-order valence-electron chi connectivity index (χ3n) is 4.89. The lowest BCUT2D eigenvalue weighted by molar-refractivity contribution is -0.124. The molecule has 1 atom stereocenters. The molecule has 0 saturated heterocycles. The molecule has 6 nitrogen and oxygen atoms in total. The van der Waals surface area contributed by atoms with E-state index >= 15 is 0 Å². The molecule has 1 N–H and O–H groups in total. The van der Waals surface area contributed by atoms with E-state index in [0.717, 1.165) is 17.1 Å². The molecule has 2 amide bonds. The molecule has 2 aromatic heterocycles. The van der Waals surface area contributed by atoms with Gasteiger partial charge in [-0.05, 0) is 73.9 Å². The summed E-state index contributed by atoms with van der Waals surface area (Å²) in [6, 6.07) is 6.57. The summed E-state index contributed by atoms with van der Waals surface area (Å²) in [5, 5.41) is 10.3. The van der Waals surface area contributed by atoms with Crippen molar-refractivity contribution < 1.29 is 14.0 Å². The van der Waals surface area contributed by atoms with Crippen LogP contribution in [0.4, 0.5) is 10.1 Å². The standard InChI is InChI=1S/C21H23FN4O2S2/c1-5-21(3,4)23-19(27)17(18-13(2)9-10-29-18)26(15-8-6-7-14(22)11-15)20(28)16-12-30-25-24-16/h6-12,17H,5H2,1-4H3,(H,23,27)/t17-/m0/s1. The Morgan fingerprint density at radius 2 is 2.07 bits per heavy atom. The van der Waals surface area contributed by atoms with E-state index in [1.165, 1.54) is 39.8 Å². The fraction of sp³-hybridized carbons (Fsp3) is 0.333. The summed E-state index contributed by atoms with van der Waals surface area (Å²) in [6.07, 6.45) is 0.707. The van der Waals surface area contributed by atoms with Crippen LogP contribution in [0.1, 0.15) is 54.2 Å². The van der Waals surface area contributed by atoms with Crippen molar-refractivity contribution in [3.8, 4) is 0 Å². The highest BCUT2D eigenvalue weighted by Crippen LogP contribution is 2.35. The summed E-state index contributed by atoms with van der Waals surface area (Å²) in [4.78, 5) is 29.0. The first-order valence-corrected chi connectivity index (χ1v) is 11.2. The molecule has 158 valence electrons. The molecule has 2 heterocycles. The molecule has 0 aliphatic carbocycles. The third-order valence-corrected chi connectivity index (χ3v) is 6.46. The van der Waals surface area contributed by atoms with E-state index < -0.39 is 23.3 Å². The Kier molecular flexibility index (Phi) is 6.62. The van der Waals surface area contributed by atoms with Gasteiger partial charge in [-0.1, -0.05) is 17.5 Å². The number of carbonyl (C=O) groups is 2. The molecular formula is C21H23FN4O2S2. The average molecular weight is 447 g/mol. The molecular weight excluding hydrogens is 423 g/mol. The largest absolute Gasteiger partial charge is 0.349 e. The van der Waals surface area contributed by atoms with E-state index in [-0.39, 0.29) is 17.3 Å². The van der Waals surface area contributed by atoms with Gasteiger partial charge in [0.15, 0.2) is 11.7 Å². The molecule has 0 fully saturated rings. The zero-order chi connectivity index (χ0) is 21.9. The second-order valence-corrected chi connectivity index (χ2v) is 9.10. The molecule has 3 rings (SSSR count). The fourth-order valence-corrected chi connectivity index (χ4v) is 4.34. The van der Waals surface area contributed by atoms with Crippen LogP contribution in [-0.4, -0.2) is 26.9 Å². The molecule has 30 heavy (non-hydrogen) atoms. The first-order chi connectivity index (χ1) is 14.2. The van der Waals surface area contributed by atoms with Gasteiger partial charge < -0.3 is 5.32 Å². The maximum Gasteiger partial charge on any atom is 0.280 e. The molecule has 3 aromatic rings. The van der Waals surface area contributed by atoms with E-state index in [2.05, 4.69) is 14.9 Å². The second-order valence-electron chi connectivity index (χ2n) is 7.54. The topological polar surface area (TPSA) is 75.2 Å². The van der Waals surface area contributed by atoms with E-state index in [4.69, 9.17) is 0 Å². The van der Waals surface area contributed by atoms with Crippen molar-refractivity contribution in [3.63, 3.8) is 0 Å². The molecule has 0 aliphatic heterocycles. The van der Waals surface area contributed by atoms with Gasteiger partial charge in [-0.15, -0.1) is 16.4 Å². The Labute approximate surface area is 182 Å². The summed E-state index contributed by atoms with van der Waals surface area (Å²) >= 11 is 2.42. The Balaban J connectivity index is 2.17. The van der Waals surface area contributed by atoms with Gasteiger partial charge in [0.05, 0.1) is 0 Å². The molecule has 0 radical (unpaired) electrons. The second kappa shape index (κ2) is 9.01. The number of benzene rings is 1. The van der Waals surface area contributed by atoms with Gasteiger partial charge in [-0.3, -0.25) is 14.5 Å². The zero-order valence-electron chi connectivity index (χ0n) is 17.2. The maximum atomic E-state index is 14.1. The van der Waals surface area contributed by atoms with Crippen molar-refractivity contribution in [2.75, 3.05) is 4.90 Å². The summed E-state index contributed by atoms with van der Waals surface area (Å²) < 4.78 is 17.8. The molecule has 0 spiro atoms. The van der Waals surface area contributed by atoms with Crippen LogP contribution in [0.15, 0.2) is 41.1 Å². The lowest BCUT2D eigenvalue weighted by Gasteiger charge is -2.34. The van der Waals surface area contributed by atoms with Crippen molar-refractivity contribution in [2.24, 2.45) is 0 Å². The number of hydrogen-bond acceptors (Lipinski definition) is 6. The van der Waals surface area contributed by atoms with E-state index in [1.54, 1.807) is 6.07 Å². The molecule has 0 saturated carbocycles. The van der Waals surface area contributed by atoms with Gasteiger partial charge in [-0.2, -0.15) is 0 Å². The van der Waals surface area contributed by atoms with E-state index in [1.807, 2.05) is 39.1 Å². The first kappa shape index (κ1) is 22.0. The van der Waals surface area contributed by atoms with Gasteiger partial charge in [-0.25, -0.2) is 4.39 Å². The minimum Gasteiger partial charge on any atom is -0.349 e.